The molecule has 1 aromatic rings. The molecule has 0 atom stereocenters. The fourth-order valence-corrected chi connectivity index (χ4v) is 0.503. The van der Waals surface area contributed by atoms with E-state index in [1.165, 1.54) is 11.4 Å². The molecule has 7 nitrogen and oxygen atoms in total. The van der Waals surface area contributed by atoms with Gasteiger partial charge in [-0.15, -0.1) is 0 Å². The molecule has 1 rings (SSSR count). The van der Waals surface area contributed by atoms with Crippen molar-refractivity contribution < 1.29 is 19.8 Å². The fraction of sp³-hybridized carbons (Fsp3) is 0.333. The van der Waals surface area contributed by atoms with Gasteiger partial charge in [-0.3, -0.25) is 0 Å². The summed E-state index contributed by atoms with van der Waals surface area (Å²) in [5.74, 6) is 0. The molecule has 18 heavy (non-hydrogen) atoms. The van der Waals surface area contributed by atoms with Crippen LogP contribution in [0, 0.1) is 5.53 Å². The van der Waals surface area contributed by atoms with Crippen LogP contribution in [0.1, 0.15) is 0 Å². The van der Waals surface area contributed by atoms with Crippen molar-refractivity contribution in [2.45, 2.75) is 17.1 Å². The van der Waals surface area contributed by atoms with Gasteiger partial charge in [-0.2, -0.15) is 5.11 Å². The van der Waals surface area contributed by atoms with Gasteiger partial charge in [0.05, 0.1) is 5.69 Å². The summed E-state index contributed by atoms with van der Waals surface area (Å²) in [4.78, 5) is 0. The monoisotopic (exact) mass is 384 g/mol. The first-order chi connectivity index (χ1) is 7.93. The standard InChI is InChI=1S/C6H6N2.C2H7AsO2.CH5AsO3/c7-8-6-4-2-1-3-5-6;1-3(2,4)5;1-2(3,4)5/h1-5,7H;1-2H3,(H,4,5);1H3,(H2,3,4,5). The molecular formula is C9H18As2N2O5. The van der Waals surface area contributed by atoms with Gasteiger partial charge in [0.25, 0.3) is 0 Å². The minimum Gasteiger partial charge on any atom is -0.204 e. The van der Waals surface area contributed by atoms with Gasteiger partial charge in [0.2, 0.25) is 0 Å². The fourth-order valence-electron chi connectivity index (χ4n) is 0.503. The van der Waals surface area contributed by atoms with Crippen molar-refractivity contribution in [3.05, 3.63) is 30.3 Å². The Balaban J connectivity index is 0. The number of hydrogen-bond donors (Lipinski definition) is 4. The molecule has 0 aliphatic carbocycles. The molecule has 0 radical (unpaired) electrons. The van der Waals surface area contributed by atoms with Crippen molar-refractivity contribution in [1.29, 1.82) is 5.53 Å². The van der Waals surface area contributed by atoms with E-state index in [1.54, 1.807) is 12.1 Å². The largest absolute Gasteiger partial charge is 0.204 e. The molecule has 0 fully saturated rings. The van der Waals surface area contributed by atoms with Gasteiger partial charge in [0.1, 0.15) is 0 Å². The van der Waals surface area contributed by atoms with E-state index >= 15 is 0 Å². The average molecular weight is 384 g/mol. The van der Waals surface area contributed by atoms with Gasteiger partial charge in [-0.25, -0.2) is 5.53 Å². The van der Waals surface area contributed by atoms with E-state index in [4.69, 9.17) is 17.8 Å². The summed E-state index contributed by atoms with van der Waals surface area (Å²) < 4.78 is 42.7. The van der Waals surface area contributed by atoms with Crippen LogP contribution in [0.15, 0.2) is 35.4 Å². The van der Waals surface area contributed by atoms with Crippen LogP contribution in [-0.4, -0.2) is 40.3 Å². The normalized spacial score (nSPS) is 10.3. The van der Waals surface area contributed by atoms with Crippen molar-refractivity contribution in [2.75, 3.05) is 0 Å². The van der Waals surface area contributed by atoms with Crippen molar-refractivity contribution >= 4 is 33.7 Å². The third kappa shape index (κ3) is 36.1. The maximum absolute atomic E-state index is 9.83. The molecule has 0 aromatic heterocycles. The first kappa shape index (κ1) is 19.7. The van der Waals surface area contributed by atoms with Gasteiger partial charge in [-0.1, -0.05) is 18.2 Å². The zero-order valence-electron chi connectivity index (χ0n) is 10.4. The van der Waals surface area contributed by atoms with Crippen molar-refractivity contribution in [1.82, 2.24) is 0 Å². The molecule has 0 spiro atoms. The number of rotatable bonds is 1. The summed E-state index contributed by atoms with van der Waals surface area (Å²) in [5.41, 5.74) is 10.9. The van der Waals surface area contributed by atoms with Crippen LogP contribution >= 0.6 is 0 Å². The predicted octanol–water partition coefficient (Wildman–Crippen LogP) is 1.43. The Labute approximate surface area is 111 Å². The summed E-state index contributed by atoms with van der Waals surface area (Å²) in [5, 5.41) is 3.22. The molecule has 0 heterocycles. The molecule has 4 N–H and O–H groups in total. The zero-order valence-corrected chi connectivity index (χ0v) is 14.1. The number of benzene rings is 1. The van der Waals surface area contributed by atoms with Crippen molar-refractivity contribution in [2.24, 2.45) is 5.11 Å². The van der Waals surface area contributed by atoms with E-state index in [1.807, 2.05) is 18.2 Å². The molecule has 0 saturated heterocycles. The Morgan fingerprint density at radius 1 is 1.00 bits per heavy atom. The molecule has 0 aliphatic rings. The first-order valence-electron chi connectivity index (χ1n) is 4.66. The van der Waals surface area contributed by atoms with Crippen LogP contribution in [0.5, 0.6) is 0 Å². The predicted molar refractivity (Wildman–Crippen MR) is 68.4 cm³/mol. The quantitative estimate of drug-likeness (QED) is 0.430. The van der Waals surface area contributed by atoms with Gasteiger partial charge in [0, 0.05) is 0 Å². The van der Waals surface area contributed by atoms with Crippen LogP contribution < -0.4 is 0 Å². The van der Waals surface area contributed by atoms with Crippen LogP contribution in [0.25, 0.3) is 0 Å². The van der Waals surface area contributed by atoms with E-state index in [2.05, 4.69) is 5.11 Å². The molecule has 104 valence electrons. The average Bonchev–Trinajstić information content (AvgIpc) is 2.14. The summed E-state index contributed by atoms with van der Waals surface area (Å²) in [6.45, 7) is 0. The van der Waals surface area contributed by atoms with Crippen molar-refractivity contribution in [3.63, 3.8) is 0 Å². The summed E-state index contributed by atoms with van der Waals surface area (Å²) in [7, 11) is 0. The van der Waals surface area contributed by atoms with E-state index in [0.717, 1.165) is 5.71 Å². The second-order valence-electron chi connectivity index (χ2n) is 3.58. The Kier molecular flexibility index (Phi) is 10.3. The Hall–Kier alpha value is -0.583. The van der Waals surface area contributed by atoms with Gasteiger partial charge in [0.15, 0.2) is 0 Å². The topological polar surface area (TPSA) is 131 Å². The Morgan fingerprint density at radius 2 is 1.28 bits per heavy atom. The minimum absolute atomic E-state index is 0.701. The number of nitrogens with zero attached hydrogens (tertiary/aromatic N) is 1. The minimum atomic E-state index is -4.12. The third-order valence-corrected chi connectivity index (χ3v) is 0.885. The van der Waals surface area contributed by atoms with E-state index in [9.17, 15) is 7.48 Å². The molecule has 9 heteroatoms. The molecule has 0 saturated carbocycles. The van der Waals surface area contributed by atoms with Crippen LogP contribution in [0.4, 0.5) is 5.69 Å². The second-order valence-corrected chi connectivity index (χ2v) is 12.5. The molecular weight excluding hydrogens is 366 g/mol. The molecule has 0 bridgehead atoms. The maximum Gasteiger partial charge on any atom is 0.0849 e. The first-order valence-corrected chi connectivity index (χ1v) is 14.3. The second kappa shape index (κ2) is 9.36. The smallest absolute Gasteiger partial charge is 0.0849 e. The van der Waals surface area contributed by atoms with Crippen LogP contribution in [-0.2, 0) is 7.48 Å². The summed E-state index contributed by atoms with van der Waals surface area (Å²) in [6, 6.07) is 9.18. The van der Waals surface area contributed by atoms with Crippen LogP contribution in [0.2, 0.25) is 17.1 Å². The van der Waals surface area contributed by atoms with E-state index in [-0.39, 0.29) is 0 Å². The van der Waals surface area contributed by atoms with E-state index < -0.39 is 28.0 Å². The molecule has 0 unspecified atom stereocenters. The summed E-state index contributed by atoms with van der Waals surface area (Å²) in [6.07, 6.45) is 0. The zero-order chi connectivity index (χ0) is 14.8. The summed E-state index contributed by atoms with van der Waals surface area (Å²) >= 11 is -7.25. The molecule has 0 amide bonds. The number of nitrogens with one attached hydrogen (secondary N) is 1. The van der Waals surface area contributed by atoms with Crippen molar-refractivity contribution in [3.8, 4) is 0 Å². The third-order valence-electron chi connectivity index (χ3n) is 0.885. The maximum atomic E-state index is 9.83. The number of hydrogen-bond acceptors (Lipinski definition) is 4. The SMILES string of the molecule is C[As](=O)(O)O.C[As](C)(=O)O.N=Nc1ccccc1. The molecule has 1 aromatic carbocycles. The Bertz CT molecular complexity index is 389. The van der Waals surface area contributed by atoms with Crippen LogP contribution in [0.3, 0.4) is 0 Å². The van der Waals surface area contributed by atoms with Gasteiger partial charge in [-0.05, 0) is 12.1 Å². The van der Waals surface area contributed by atoms with E-state index in [0.29, 0.717) is 5.69 Å². The molecule has 0 aliphatic heterocycles. The Morgan fingerprint density at radius 3 is 1.44 bits per heavy atom. The van der Waals surface area contributed by atoms with Gasteiger partial charge < -0.3 is 0 Å². The van der Waals surface area contributed by atoms with Gasteiger partial charge >= 0.3 is 64.9 Å². The number of para-hydroxylation sites is 1.